The molecule has 4 rings (SSSR count). The second-order valence-corrected chi connectivity index (χ2v) is 5.60. The number of hydrogen-bond acceptors (Lipinski definition) is 2. The SMILES string of the molecule is c1ccc(Cc2ccc3ncnc(-c4ccccc4)c3c2)cc1. The first-order chi connectivity index (χ1) is 11.4. The molecule has 0 unspecified atom stereocenters. The molecular formula is C21H16N2. The average molecular weight is 296 g/mol. The zero-order valence-electron chi connectivity index (χ0n) is 12.7. The predicted octanol–water partition coefficient (Wildman–Crippen LogP) is 4.89. The van der Waals surface area contributed by atoms with Gasteiger partial charge in [-0.1, -0.05) is 66.7 Å². The zero-order valence-corrected chi connectivity index (χ0v) is 12.7. The van der Waals surface area contributed by atoms with Crippen LogP contribution in [0.4, 0.5) is 0 Å². The second-order valence-electron chi connectivity index (χ2n) is 5.60. The van der Waals surface area contributed by atoms with Crippen molar-refractivity contribution in [1.29, 1.82) is 0 Å². The highest BCUT2D eigenvalue weighted by molar-refractivity contribution is 5.92. The van der Waals surface area contributed by atoms with Crippen LogP contribution < -0.4 is 0 Å². The Hall–Kier alpha value is -3.00. The van der Waals surface area contributed by atoms with Crippen molar-refractivity contribution in [3.63, 3.8) is 0 Å². The van der Waals surface area contributed by atoms with E-state index in [9.17, 15) is 0 Å². The van der Waals surface area contributed by atoms with Gasteiger partial charge in [0.2, 0.25) is 0 Å². The molecule has 0 amide bonds. The third-order valence-electron chi connectivity index (χ3n) is 4.00. The fraction of sp³-hybridized carbons (Fsp3) is 0.0476. The number of benzene rings is 3. The standard InChI is InChI=1S/C21H16N2/c1-3-7-16(8-4-1)13-17-11-12-20-19(14-17)21(23-15-22-20)18-9-5-2-6-10-18/h1-12,14-15H,13H2. The Morgan fingerprint density at radius 1 is 0.652 bits per heavy atom. The van der Waals surface area contributed by atoms with Gasteiger partial charge < -0.3 is 0 Å². The van der Waals surface area contributed by atoms with Crippen molar-refractivity contribution < 1.29 is 0 Å². The van der Waals surface area contributed by atoms with Gasteiger partial charge in [-0.15, -0.1) is 0 Å². The average Bonchev–Trinajstić information content (AvgIpc) is 2.63. The van der Waals surface area contributed by atoms with E-state index in [-0.39, 0.29) is 0 Å². The Morgan fingerprint density at radius 3 is 2.17 bits per heavy atom. The number of rotatable bonds is 3. The highest BCUT2D eigenvalue weighted by Crippen LogP contribution is 2.26. The molecule has 2 nitrogen and oxygen atoms in total. The molecule has 110 valence electrons. The lowest BCUT2D eigenvalue weighted by atomic mass is 10.0. The van der Waals surface area contributed by atoms with Crippen molar-refractivity contribution in [2.24, 2.45) is 0 Å². The summed E-state index contributed by atoms with van der Waals surface area (Å²) < 4.78 is 0. The summed E-state index contributed by atoms with van der Waals surface area (Å²) in [4.78, 5) is 8.92. The van der Waals surface area contributed by atoms with Crippen LogP contribution in [0, 0.1) is 0 Å². The monoisotopic (exact) mass is 296 g/mol. The van der Waals surface area contributed by atoms with Crippen LogP contribution in [0.1, 0.15) is 11.1 Å². The zero-order chi connectivity index (χ0) is 15.5. The number of nitrogens with zero attached hydrogens (tertiary/aromatic N) is 2. The Morgan fingerprint density at radius 2 is 1.39 bits per heavy atom. The summed E-state index contributed by atoms with van der Waals surface area (Å²) in [5.41, 5.74) is 5.68. The Kier molecular flexibility index (Phi) is 3.57. The molecule has 0 saturated heterocycles. The quantitative estimate of drug-likeness (QED) is 0.538. The van der Waals surface area contributed by atoms with Gasteiger partial charge in [-0.2, -0.15) is 0 Å². The van der Waals surface area contributed by atoms with E-state index in [2.05, 4.69) is 64.6 Å². The van der Waals surface area contributed by atoms with Crippen LogP contribution in [-0.4, -0.2) is 9.97 Å². The first kappa shape index (κ1) is 13.6. The molecule has 0 N–H and O–H groups in total. The molecule has 0 radical (unpaired) electrons. The summed E-state index contributed by atoms with van der Waals surface area (Å²) in [6, 6.07) is 27.2. The Bertz CT molecular complexity index is 931. The van der Waals surface area contributed by atoms with E-state index in [0.717, 1.165) is 28.6 Å². The maximum atomic E-state index is 4.51. The molecule has 0 aliphatic carbocycles. The Balaban J connectivity index is 1.81. The summed E-state index contributed by atoms with van der Waals surface area (Å²) in [7, 11) is 0. The van der Waals surface area contributed by atoms with Gasteiger partial charge in [-0.25, -0.2) is 9.97 Å². The molecule has 0 bridgehead atoms. The second kappa shape index (κ2) is 6.01. The summed E-state index contributed by atoms with van der Waals surface area (Å²) in [6.07, 6.45) is 2.56. The molecule has 0 atom stereocenters. The van der Waals surface area contributed by atoms with Gasteiger partial charge in [-0.3, -0.25) is 0 Å². The molecule has 0 spiro atoms. The fourth-order valence-electron chi connectivity index (χ4n) is 2.87. The van der Waals surface area contributed by atoms with Gasteiger partial charge in [0.25, 0.3) is 0 Å². The summed E-state index contributed by atoms with van der Waals surface area (Å²) in [5.74, 6) is 0. The van der Waals surface area contributed by atoms with E-state index in [1.54, 1.807) is 6.33 Å². The van der Waals surface area contributed by atoms with Crippen LogP contribution in [0.2, 0.25) is 0 Å². The molecule has 4 aromatic rings. The first-order valence-electron chi connectivity index (χ1n) is 7.73. The summed E-state index contributed by atoms with van der Waals surface area (Å²) in [5, 5.41) is 1.10. The smallest absolute Gasteiger partial charge is 0.116 e. The van der Waals surface area contributed by atoms with Gasteiger partial charge in [0.1, 0.15) is 6.33 Å². The minimum Gasteiger partial charge on any atom is -0.236 e. The minimum absolute atomic E-state index is 0.917. The van der Waals surface area contributed by atoms with E-state index >= 15 is 0 Å². The van der Waals surface area contributed by atoms with Gasteiger partial charge in [0, 0.05) is 10.9 Å². The van der Waals surface area contributed by atoms with Crippen LogP contribution in [-0.2, 0) is 6.42 Å². The molecule has 2 heteroatoms. The molecule has 3 aromatic carbocycles. The topological polar surface area (TPSA) is 25.8 Å². The van der Waals surface area contributed by atoms with Crippen LogP contribution in [0.15, 0.2) is 85.2 Å². The van der Waals surface area contributed by atoms with E-state index < -0.39 is 0 Å². The predicted molar refractivity (Wildman–Crippen MR) is 94.2 cm³/mol. The fourth-order valence-corrected chi connectivity index (χ4v) is 2.87. The molecule has 23 heavy (non-hydrogen) atoms. The first-order valence-corrected chi connectivity index (χ1v) is 7.73. The van der Waals surface area contributed by atoms with Crippen molar-refractivity contribution in [1.82, 2.24) is 9.97 Å². The number of hydrogen-bond donors (Lipinski definition) is 0. The normalized spacial score (nSPS) is 10.8. The highest BCUT2D eigenvalue weighted by Gasteiger charge is 2.07. The Labute approximate surface area is 135 Å². The van der Waals surface area contributed by atoms with Crippen LogP contribution in [0.25, 0.3) is 22.2 Å². The molecule has 1 heterocycles. The molecule has 1 aromatic heterocycles. The van der Waals surface area contributed by atoms with E-state index in [1.807, 2.05) is 24.3 Å². The maximum Gasteiger partial charge on any atom is 0.116 e. The van der Waals surface area contributed by atoms with Crippen molar-refractivity contribution >= 4 is 10.9 Å². The lowest BCUT2D eigenvalue weighted by molar-refractivity contribution is 1.18. The molecule has 0 saturated carbocycles. The third kappa shape index (κ3) is 2.84. The van der Waals surface area contributed by atoms with Gasteiger partial charge in [0.15, 0.2) is 0 Å². The van der Waals surface area contributed by atoms with Crippen molar-refractivity contribution in [3.05, 3.63) is 96.3 Å². The molecule has 0 aliphatic heterocycles. The highest BCUT2D eigenvalue weighted by atomic mass is 14.8. The van der Waals surface area contributed by atoms with Crippen molar-refractivity contribution in [2.45, 2.75) is 6.42 Å². The molecular weight excluding hydrogens is 280 g/mol. The summed E-state index contributed by atoms with van der Waals surface area (Å²) in [6.45, 7) is 0. The van der Waals surface area contributed by atoms with Crippen LogP contribution >= 0.6 is 0 Å². The number of fused-ring (bicyclic) bond motifs is 1. The van der Waals surface area contributed by atoms with Gasteiger partial charge in [-0.05, 0) is 29.7 Å². The van der Waals surface area contributed by atoms with E-state index in [4.69, 9.17) is 0 Å². The minimum atomic E-state index is 0.917. The third-order valence-corrected chi connectivity index (χ3v) is 4.00. The molecule has 0 fully saturated rings. The van der Waals surface area contributed by atoms with Gasteiger partial charge in [0.05, 0.1) is 11.2 Å². The largest absolute Gasteiger partial charge is 0.236 e. The summed E-state index contributed by atoms with van der Waals surface area (Å²) >= 11 is 0. The molecule has 0 aliphatic rings. The lowest BCUT2D eigenvalue weighted by Crippen LogP contribution is -1.92. The van der Waals surface area contributed by atoms with Crippen molar-refractivity contribution in [2.75, 3.05) is 0 Å². The lowest BCUT2D eigenvalue weighted by Gasteiger charge is -2.08. The van der Waals surface area contributed by atoms with Crippen LogP contribution in [0.3, 0.4) is 0 Å². The van der Waals surface area contributed by atoms with Crippen LogP contribution in [0.5, 0.6) is 0 Å². The van der Waals surface area contributed by atoms with E-state index in [0.29, 0.717) is 0 Å². The van der Waals surface area contributed by atoms with Gasteiger partial charge >= 0.3 is 0 Å². The van der Waals surface area contributed by atoms with E-state index in [1.165, 1.54) is 11.1 Å². The number of aromatic nitrogens is 2. The van der Waals surface area contributed by atoms with Crippen molar-refractivity contribution in [3.8, 4) is 11.3 Å². The maximum absolute atomic E-state index is 4.51.